The third-order valence-corrected chi connectivity index (χ3v) is 9.43. The number of carbonyl (C=O) groups excluding carboxylic acids is 8. The summed E-state index contributed by atoms with van der Waals surface area (Å²) in [6.07, 6.45) is 1.50. The van der Waals surface area contributed by atoms with Crippen molar-refractivity contribution in [2.75, 3.05) is 13.1 Å². The van der Waals surface area contributed by atoms with Crippen LogP contribution in [0.5, 0.6) is 11.5 Å². The summed E-state index contributed by atoms with van der Waals surface area (Å²) in [6.45, 7) is 9.33. The highest BCUT2D eigenvalue weighted by Gasteiger charge is 2.38. The summed E-state index contributed by atoms with van der Waals surface area (Å²) in [6, 6.07) is 6.47. The van der Waals surface area contributed by atoms with E-state index in [1.165, 1.54) is 36.1 Å². The zero-order valence-corrected chi connectivity index (χ0v) is 35.0. The van der Waals surface area contributed by atoms with Crippen molar-refractivity contribution >= 4 is 47.3 Å². The number of phenolic OH excluding ortho intramolecular Hbond substituents is 2. The summed E-state index contributed by atoms with van der Waals surface area (Å²) in [5.74, 6) is -5.74. The van der Waals surface area contributed by atoms with Crippen molar-refractivity contribution in [2.24, 2.45) is 17.6 Å². The van der Waals surface area contributed by atoms with Gasteiger partial charge in [-0.05, 0) is 80.3 Å². The molecular formula is C41H60N8O11. The zero-order valence-electron chi connectivity index (χ0n) is 35.0. The Kier molecular flexibility index (Phi) is 20.0. The van der Waals surface area contributed by atoms with E-state index in [1.54, 1.807) is 38.1 Å². The van der Waals surface area contributed by atoms with Gasteiger partial charge in [0.05, 0.1) is 6.54 Å². The van der Waals surface area contributed by atoms with Crippen LogP contribution in [0, 0.1) is 11.8 Å². The van der Waals surface area contributed by atoms with Crippen LogP contribution in [0.3, 0.4) is 0 Å². The molecule has 6 unspecified atom stereocenters. The molecule has 1 heterocycles. The molecule has 0 spiro atoms. The molecule has 2 aromatic rings. The molecule has 19 heteroatoms. The van der Waals surface area contributed by atoms with E-state index in [0.29, 0.717) is 24.9 Å². The first kappa shape index (κ1) is 49.9. The molecule has 7 amide bonds. The molecule has 0 saturated carbocycles. The van der Waals surface area contributed by atoms with Crippen LogP contribution >= 0.6 is 0 Å². The highest BCUT2D eigenvalue weighted by Crippen LogP contribution is 2.20. The van der Waals surface area contributed by atoms with Crippen molar-refractivity contribution in [1.29, 1.82) is 0 Å². The lowest BCUT2D eigenvalue weighted by molar-refractivity contribution is -0.403. The minimum Gasteiger partial charge on any atom is -0.550 e. The first-order valence-corrected chi connectivity index (χ1v) is 19.7. The van der Waals surface area contributed by atoms with E-state index in [4.69, 9.17) is 15.6 Å². The molecule has 1 aliphatic heterocycles. The van der Waals surface area contributed by atoms with E-state index in [1.807, 2.05) is 13.8 Å². The third kappa shape index (κ3) is 16.9. The van der Waals surface area contributed by atoms with Crippen molar-refractivity contribution < 1.29 is 59.4 Å². The average molecular weight is 841 g/mol. The van der Waals surface area contributed by atoms with E-state index >= 15 is 0 Å². The van der Waals surface area contributed by atoms with E-state index in [2.05, 4.69) is 32.3 Å². The predicted molar refractivity (Wildman–Crippen MR) is 216 cm³/mol. The Hall–Kier alpha value is -6.24. The first-order chi connectivity index (χ1) is 28.1. The number of carboxylic acids is 1. The lowest BCUT2D eigenvalue weighted by Gasteiger charge is -2.30. The number of hydrogen-bond acceptors (Lipinski definition) is 11. The van der Waals surface area contributed by atoms with Crippen molar-refractivity contribution in [3.8, 4) is 11.5 Å². The SMILES string of the molecule is CC(=O)[O-].CC(C)CC(NC(=O)C(Cc1ccc(O)cc1)NC(=O)CNC(=O)C(NC(=O)C(C)NC(=O)C([NH3+])Cc1ccc(O)cc1)C(C)C)C(=O)N1CCCC1C(N)=O. The molecule has 6 atom stereocenters. The van der Waals surface area contributed by atoms with Gasteiger partial charge in [0.15, 0.2) is 6.04 Å². The van der Waals surface area contributed by atoms with Gasteiger partial charge in [-0.1, -0.05) is 52.0 Å². The molecule has 2 aromatic carbocycles. The van der Waals surface area contributed by atoms with Crippen molar-refractivity contribution in [1.82, 2.24) is 31.5 Å². The molecule has 0 aromatic heterocycles. The van der Waals surface area contributed by atoms with Crippen molar-refractivity contribution in [3.63, 3.8) is 0 Å². The molecule has 1 fully saturated rings. The van der Waals surface area contributed by atoms with Gasteiger partial charge in [-0.2, -0.15) is 0 Å². The van der Waals surface area contributed by atoms with Crippen LogP contribution in [-0.4, -0.2) is 112 Å². The molecule has 1 aliphatic rings. The molecule has 0 radical (unpaired) electrons. The van der Waals surface area contributed by atoms with Gasteiger partial charge in [-0.25, -0.2) is 0 Å². The number of hydrogen-bond donors (Lipinski definition) is 9. The summed E-state index contributed by atoms with van der Waals surface area (Å²) >= 11 is 0. The fraction of sp³-hybridized carbons (Fsp3) is 0.512. The molecule has 3 rings (SSSR count). The zero-order chi connectivity index (χ0) is 45.3. The maximum absolute atomic E-state index is 13.8. The molecule has 19 nitrogen and oxygen atoms in total. The number of carbonyl (C=O) groups is 8. The van der Waals surface area contributed by atoms with Crippen LogP contribution < -0.4 is 43.2 Å². The van der Waals surface area contributed by atoms with Crippen LogP contribution in [-0.2, 0) is 51.2 Å². The fourth-order valence-electron chi connectivity index (χ4n) is 6.31. The maximum atomic E-state index is 13.8. The summed E-state index contributed by atoms with van der Waals surface area (Å²) < 4.78 is 0. The number of rotatable bonds is 19. The monoisotopic (exact) mass is 840 g/mol. The maximum Gasteiger partial charge on any atom is 0.279 e. The number of phenols is 2. The van der Waals surface area contributed by atoms with E-state index in [9.17, 15) is 43.8 Å². The third-order valence-electron chi connectivity index (χ3n) is 9.43. The Labute approximate surface area is 349 Å². The Morgan fingerprint density at radius 3 is 1.80 bits per heavy atom. The standard InChI is InChI=1S/C39H56N8O9.C2H4O2/c1-21(2)17-30(39(56)47-16-6-7-31(47)34(41)51)45-37(54)29(19-25-10-14-27(49)15-11-25)44-32(50)20-42-38(55)33(22(3)4)46-35(52)23(5)43-36(53)28(40)18-24-8-12-26(48)13-9-24;1-2(3)4/h8-15,21-23,28-31,33,48-49H,6-7,16-20,40H2,1-5H3,(H2,41,51)(H,42,55)(H,43,53)(H,44,50)(H,45,54)(H,46,52);1H3,(H,3,4). The molecule has 330 valence electrons. The predicted octanol–water partition coefficient (Wildman–Crippen LogP) is -2.50. The summed E-state index contributed by atoms with van der Waals surface area (Å²) in [5, 5.41) is 41.2. The number of nitrogens with one attached hydrogen (secondary N) is 5. The number of likely N-dealkylation sites (tertiary alicyclic amines) is 1. The second-order valence-electron chi connectivity index (χ2n) is 15.5. The summed E-state index contributed by atoms with van der Waals surface area (Å²) in [4.78, 5) is 102. The summed E-state index contributed by atoms with van der Waals surface area (Å²) in [5.41, 5.74) is 10.8. The molecular weight excluding hydrogens is 780 g/mol. The lowest BCUT2D eigenvalue weighted by Crippen LogP contribution is -2.69. The number of nitrogens with two attached hydrogens (primary N) is 1. The largest absolute Gasteiger partial charge is 0.550 e. The number of nitrogens with zero attached hydrogens (tertiary/aromatic N) is 1. The van der Waals surface area contributed by atoms with Crippen molar-refractivity contribution in [3.05, 3.63) is 59.7 Å². The van der Waals surface area contributed by atoms with Gasteiger partial charge in [0, 0.05) is 25.4 Å². The van der Waals surface area contributed by atoms with Gasteiger partial charge in [0.1, 0.15) is 41.7 Å². The highest BCUT2D eigenvalue weighted by molar-refractivity contribution is 5.96. The Bertz CT molecular complexity index is 1800. The van der Waals surface area contributed by atoms with Gasteiger partial charge in [0.2, 0.25) is 35.4 Å². The van der Waals surface area contributed by atoms with E-state index in [-0.39, 0.29) is 36.7 Å². The number of quaternary nitrogens is 1. The fourth-order valence-corrected chi connectivity index (χ4v) is 6.31. The number of amides is 7. The van der Waals surface area contributed by atoms with E-state index in [0.717, 1.165) is 12.5 Å². The van der Waals surface area contributed by atoms with Gasteiger partial charge in [0.25, 0.3) is 5.91 Å². The first-order valence-electron chi connectivity index (χ1n) is 19.7. The number of aliphatic carboxylic acids is 1. The molecule has 1 saturated heterocycles. The topological polar surface area (TPSA) is 317 Å². The van der Waals surface area contributed by atoms with Crippen molar-refractivity contribution in [2.45, 2.75) is 110 Å². The highest BCUT2D eigenvalue weighted by atomic mass is 16.4. The Morgan fingerprint density at radius 1 is 0.767 bits per heavy atom. The minimum atomic E-state index is -1.21. The molecule has 0 bridgehead atoms. The van der Waals surface area contributed by atoms with E-state index < -0.39 is 96.0 Å². The number of benzene rings is 2. The van der Waals surface area contributed by atoms with Gasteiger partial charge >= 0.3 is 0 Å². The van der Waals surface area contributed by atoms with Gasteiger partial charge in [-0.3, -0.25) is 33.6 Å². The number of primary amides is 1. The smallest absolute Gasteiger partial charge is 0.279 e. The average Bonchev–Trinajstić information content (AvgIpc) is 3.67. The van der Waals surface area contributed by atoms with Crippen LogP contribution in [0.4, 0.5) is 0 Å². The van der Waals surface area contributed by atoms with Crippen LogP contribution in [0.1, 0.15) is 71.9 Å². The Balaban J connectivity index is 0.00000296. The van der Waals surface area contributed by atoms with Crippen LogP contribution in [0.15, 0.2) is 48.5 Å². The van der Waals surface area contributed by atoms with Crippen LogP contribution in [0.25, 0.3) is 0 Å². The minimum absolute atomic E-state index is 0.000496. The Morgan fingerprint density at radius 2 is 1.30 bits per heavy atom. The van der Waals surface area contributed by atoms with Gasteiger partial charge < -0.3 is 63.1 Å². The van der Waals surface area contributed by atoms with Gasteiger partial charge in [-0.15, -0.1) is 0 Å². The second-order valence-corrected chi connectivity index (χ2v) is 15.5. The molecule has 0 aliphatic carbocycles. The van der Waals surface area contributed by atoms with Crippen LogP contribution in [0.2, 0.25) is 0 Å². The number of aromatic hydroxyl groups is 2. The second kappa shape index (κ2) is 24.0. The number of carboxylic acid groups (broad SMARTS) is 1. The molecule has 60 heavy (non-hydrogen) atoms. The summed E-state index contributed by atoms with van der Waals surface area (Å²) in [7, 11) is 0. The lowest BCUT2D eigenvalue weighted by atomic mass is 10.00. The normalized spacial score (nSPS) is 15.9. The molecule has 12 N–H and O–H groups in total. The quantitative estimate of drug-likeness (QED) is 0.0713.